The van der Waals surface area contributed by atoms with Crippen LogP contribution < -0.4 is 0 Å². The average Bonchev–Trinajstić information content (AvgIpc) is 2.73. The van der Waals surface area contributed by atoms with Crippen LogP contribution in [0.2, 0.25) is 0 Å². The fourth-order valence-corrected chi connectivity index (χ4v) is 2.29. The molecule has 24 heavy (non-hydrogen) atoms. The highest BCUT2D eigenvalue weighted by atomic mass is 19.4. The molecule has 1 rings (SSSR count). The van der Waals surface area contributed by atoms with Gasteiger partial charge in [0.25, 0.3) is 6.17 Å². The van der Waals surface area contributed by atoms with Gasteiger partial charge in [0, 0.05) is 13.1 Å². The third-order valence-corrected chi connectivity index (χ3v) is 3.56. The second kappa shape index (κ2) is 8.11. The molecule has 1 aliphatic rings. The lowest BCUT2D eigenvalue weighted by molar-refractivity contribution is -0.261. The lowest BCUT2D eigenvalue weighted by Gasteiger charge is -2.30. The number of likely N-dealkylation sites (tertiary alicyclic amines) is 1. The second-order valence-corrected chi connectivity index (χ2v) is 5.71. The molecule has 1 heterocycles. The zero-order valence-corrected chi connectivity index (χ0v) is 12.6. The second-order valence-electron chi connectivity index (χ2n) is 5.71. The summed E-state index contributed by atoms with van der Waals surface area (Å²) >= 11 is 0. The highest BCUT2D eigenvalue weighted by molar-refractivity contribution is 4.84. The van der Waals surface area contributed by atoms with E-state index in [4.69, 9.17) is 0 Å². The maximum absolute atomic E-state index is 13.9. The molecular formula is C13H18F9NO. The van der Waals surface area contributed by atoms with Crippen LogP contribution in [0, 0.1) is 0 Å². The van der Waals surface area contributed by atoms with Crippen LogP contribution in [0.15, 0.2) is 0 Å². The number of ether oxygens (including phenoxy) is 1. The van der Waals surface area contributed by atoms with Crippen molar-refractivity contribution in [3.05, 3.63) is 0 Å². The summed E-state index contributed by atoms with van der Waals surface area (Å²) in [4.78, 5) is 0.835. The highest BCUT2D eigenvalue weighted by Crippen LogP contribution is 2.35. The molecule has 0 aromatic rings. The van der Waals surface area contributed by atoms with Gasteiger partial charge in [-0.2, -0.15) is 22.0 Å². The van der Waals surface area contributed by atoms with Crippen molar-refractivity contribution in [3.63, 3.8) is 0 Å². The van der Waals surface area contributed by atoms with Crippen LogP contribution in [0.5, 0.6) is 0 Å². The maximum atomic E-state index is 13.9. The van der Waals surface area contributed by atoms with Crippen LogP contribution in [-0.2, 0) is 4.74 Å². The Bertz CT molecular complexity index is 380. The maximum Gasteiger partial charge on any atom is 0.425 e. The summed E-state index contributed by atoms with van der Waals surface area (Å²) in [6, 6.07) is 0. The third-order valence-electron chi connectivity index (χ3n) is 3.56. The number of halogens is 9. The standard InChI is InChI=1S/C13H18F9NO/c14-9(13(20,21)22)11(16,17)7-24-8-12(18,19)10(15)23-5-3-1-2-4-6-23/h9-10H,1-8H2. The molecule has 2 nitrogen and oxygen atoms in total. The zero-order valence-electron chi connectivity index (χ0n) is 12.6. The van der Waals surface area contributed by atoms with Gasteiger partial charge in [0.15, 0.2) is 0 Å². The van der Waals surface area contributed by atoms with Crippen molar-refractivity contribution >= 4 is 0 Å². The molecule has 0 spiro atoms. The number of nitrogens with zero attached hydrogens (tertiary/aromatic N) is 1. The summed E-state index contributed by atoms with van der Waals surface area (Å²) in [7, 11) is 0. The predicted octanol–water partition coefficient (Wildman–Crippen LogP) is 4.35. The first-order chi connectivity index (χ1) is 10.9. The summed E-state index contributed by atoms with van der Waals surface area (Å²) in [5, 5.41) is 0. The van der Waals surface area contributed by atoms with E-state index in [-0.39, 0.29) is 13.1 Å². The lowest BCUT2D eigenvalue weighted by Crippen LogP contribution is -2.49. The van der Waals surface area contributed by atoms with Crippen molar-refractivity contribution in [3.8, 4) is 0 Å². The van der Waals surface area contributed by atoms with E-state index in [0.717, 1.165) is 17.7 Å². The van der Waals surface area contributed by atoms with Crippen molar-refractivity contribution in [2.75, 3.05) is 26.3 Å². The van der Waals surface area contributed by atoms with E-state index in [1.54, 1.807) is 0 Å². The van der Waals surface area contributed by atoms with Gasteiger partial charge in [0.05, 0.1) is 0 Å². The quantitative estimate of drug-likeness (QED) is 0.485. The SMILES string of the molecule is FC(N1CCCCCC1)C(F)(F)COCC(F)(F)C(F)C(F)(F)F. The minimum absolute atomic E-state index is 0.0492. The Morgan fingerprint density at radius 1 is 0.750 bits per heavy atom. The fourth-order valence-electron chi connectivity index (χ4n) is 2.29. The molecule has 144 valence electrons. The van der Waals surface area contributed by atoms with Crippen LogP contribution >= 0.6 is 0 Å². The van der Waals surface area contributed by atoms with Gasteiger partial charge in [-0.15, -0.1) is 0 Å². The first kappa shape index (κ1) is 21.3. The molecule has 0 radical (unpaired) electrons. The molecule has 11 heteroatoms. The normalized spacial score (nSPS) is 21.4. The number of hydrogen-bond donors (Lipinski definition) is 0. The summed E-state index contributed by atoms with van der Waals surface area (Å²) in [5.41, 5.74) is 0. The summed E-state index contributed by atoms with van der Waals surface area (Å²) < 4.78 is 119. The molecule has 0 aromatic carbocycles. The molecule has 0 amide bonds. The van der Waals surface area contributed by atoms with Crippen molar-refractivity contribution in [2.24, 2.45) is 0 Å². The van der Waals surface area contributed by atoms with Crippen LogP contribution in [0.1, 0.15) is 25.7 Å². The molecule has 1 saturated heterocycles. The largest absolute Gasteiger partial charge is 0.425 e. The molecule has 0 saturated carbocycles. The van der Waals surface area contributed by atoms with Gasteiger partial charge in [-0.05, 0) is 12.8 Å². The van der Waals surface area contributed by atoms with Gasteiger partial charge in [0.1, 0.15) is 13.2 Å². The van der Waals surface area contributed by atoms with E-state index >= 15 is 0 Å². The van der Waals surface area contributed by atoms with Crippen molar-refractivity contribution in [1.82, 2.24) is 4.90 Å². The van der Waals surface area contributed by atoms with E-state index in [2.05, 4.69) is 4.74 Å². The minimum Gasteiger partial charge on any atom is -0.369 e. The molecule has 2 atom stereocenters. The third kappa shape index (κ3) is 5.98. The van der Waals surface area contributed by atoms with Gasteiger partial charge in [-0.25, -0.2) is 17.6 Å². The number of hydrogen-bond acceptors (Lipinski definition) is 2. The molecule has 0 aromatic heterocycles. The van der Waals surface area contributed by atoms with Crippen molar-refractivity contribution in [2.45, 2.75) is 56.2 Å². The van der Waals surface area contributed by atoms with Crippen LogP contribution in [0.3, 0.4) is 0 Å². The average molecular weight is 375 g/mol. The topological polar surface area (TPSA) is 12.5 Å². The van der Waals surface area contributed by atoms with Crippen LogP contribution in [-0.4, -0.2) is 61.7 Å². The zero-order chi connectivity index (χ0) is 18.6. The lowest BCUT2D eigenvalue weighted by atomic mass is 10.2. The molecule has 2 unspecified atom stereocenters. The van der Waals surface area contributed by atoms with Crippen LogP contribution in [0.25, 0.3) is 0 Å². The summed E-state index contributed by atoms with van der Waals surface area (Å²) in [5.74, 6) is -9.24. The Labute approximate surface area is 132 Å². The number of alkyl halides is 9. The Morgan fingerprint density at radius 2 is 1.21 bits per heavy atom. The van der Waals surface area contributed by atoms with Gasteiger partial charge < -0.3 is 4.74 Å². The molecular weight excluding hydrogens is 357 g/mol. The minimum atomic E-state index is -5.86. The van der Waals surface area contributed by atoms with E-state index in [1.807, 2.05) is 0 Å². The predicted molar refractivity (Wildman–Crippen MR) is 66.6 cm³/mol. The Balaban J connectivity index is 2.54. The molecule has 0 bridgehead atoms. The van der Waals surface area contributed by atoms with Crippen molar-refractivity contribution < 1.29 is 44.3 Å². The first-order valence-electron chi connectivity index (χ1n) is 7.30. The Kier molecular flexibility index (Phi) is 7.21. The van der Waals surface area contributed by atoms with E-state index in [0.29, 0.717) is 12.8 Å². The van der Waals surface area contributed by atoms with Crippen molar-refractivity contribution in [1.29, 1.82) is 0 Å². The van der Waals surface area contributed by atoms with Crippen LogP contribution in [0.4, 0.5) is 39.5 Å². The van der Waals surface area contributed by atoms with E-state index in [9.17, 15) is 39.5 Å². The Hall–Kier alpha value is -0.710. The summed E-state index contributed by atoms with van der Waals surface area (Å²) in [6.07, 6.45) is -10.8. The molecule has 0 aliphatic carbocycles. The van der Waals surface area contributed by atoms with E-state index < -0.39 is 43.7 Å². The highest BCUT2D eigenvalue weighted by Gasteiger charge is 2.57. The smallest absolute Gasteiger partial charge is 0.369 e. The van der Waals surface area contributed by atoms with Gasteiger partial charge in [-0.1, -0.05) is 12.8 Å². The first-order valence-corrected chi connectivity index (χ1v) is 7.30. The molecule has 1 aliphatic heterocycles. The van der Waals surface area contributed by atoms with Gasteiger partial charge in [-0.3, -0.25) is 4.90 Å². The summed E-state index contributed by atoms with van der Waals surface area (Å²) in [6.45, 7) is -4.00. The monoisotopic (exact) mass is 375 g/mol. The molecule has 0 N–H and O–H groups in total. The molecule has 1 fully saturated rings. The Morgan fingerprint density at radius 3 is 1.67 bits per heavy atom. The van der Waals surface area contributed by atoms with Gasteiger partial charge >= 0.3 is 18.0 Å². The fraction of sp³-hybridized carbons (Fsp3) is 1.00. The number of rotatable bonds is 7. The van der Waals surface area contributed by atoms with E-state index in [1.165, 1.54) is 0 Å². The van der Waals surface area contributed by atoms with Gasteiger partial charge in [0.2, 0.25) is 6.30 Å².